The molecule has 0 unspecified atom stereocenters. The Morgan fingerprint density at radius 1 is 1.13 bits per heavy atom. The highest BCUT2D eigenvalue weighted by Crippen LogP contribution is 2.18. The van der Waals surface area contributed by atoms with Gasteiger partial charge in [-0.15, -0.1) is 0 Å². The van der Waals surface area contributed by atoms with Crippen LogP contribution in [0.1, 0.15) is 16.7 Å². The minimum Gasteiger partial charge on any atom is -0.379 e. The highest BCUT2D eigenvalue weighted by atomic mass is 32.1. The van der Waals surface area contributed by atoms with Crippen LogP contribution in [0.4, 0.5) is 0 Å². The number of aryl methyl sites for hydroxylation is 1. The van der Waals surface area contributed by atoms with E-state index in [1.54, 1.807) is 4.57 Å². The Morgan fingerprint density at radius 3 is 2.58 bits per heavy atom. The average molecular weight is 438 g/mol. The fraction of sp³-hybridized carbons (Fsp3) is 0.348. The lowest BCUT2D eigenvalue weighted by Gasteiger charge is -2.27. The number of nitrogens with one attached hydrogen (secondary N) is 2. The maximum atomic E-state index is 12.7. The number of carbonyl (C=O) groups excluding carboxylic acids is 1. The number of benzene rings is 2. The van der Waals surface area contributed by atoms with Crippen LogP contribution < -0.4 is 5.32 Å². The van der Waals surface area contributed by atoms with Crippen molar-refractivity contribution in [2.45, 2.75) is 26.6 Å². The zero-order valence-corrected chi connectivity index (χ0v) is 18.5. The molecule has 0 spiro atoms. The highest BCUT2D eigenvalue weighted by Gasteiger charge is 2.15. The number of nitrogens with zero attached hydrogens (tertiary/aromatic N) is 3. The summed E-state index contributed by atoms with van der Waals surface area (Å²) in [6.07, 6.45) is 0. The minimum absolute atomic E-state index is 0.105. The quantitative estimate of drug-likeness (QED) is 0.556. The Bertz CT molecular complexity index is 1080. The summed E-state index contributed by atoms with van der Waals surface area (Å²) in [4.78, 5) is 15.1. The summed E-state index contributed by atoms with van der Waals surface area (Å²) in [5.41, 5.74) is 4.43. The zero-order valence-electron chi connectivity index (χ0n) is 17.6. The smallest absolute Gasteiger partial charge is 0.240 e. The Kier molecular flexibility index (Phi) is 6.91. The van der Waals surface area contributed by atoms with Crippen molar-refractivity contribution in [2.24, 2.45) is 0 Å². The highest BCUT2D eigenvalue weighted by molar-refractivity contribution is 7.71. The second kappa shape index (κ2) is 10.00. The first-order valence-corrected chi connectivity index (χ1v) is 10.9. The normalized spacial score (nSPS) is 14.5. The average Bonchev–Trinajstić information content (AvgIpc) is 3.14. The predicted octanol–water partition coefficient (Wildman–Crippen LogP) is 3.06. The first-order valence-electron chi connectivity index (χ1n) is 10.5. The lowest BCUT2D eigenvalue weighted by Crippen LogP contribution is -2.36. The molecule has 0 saturated carbocycles. The molecule has 162 valence electrons. The van der Waals surface area contributed by atoms with Gasteiger partial charge < -0.3 is 10.1 Å². The molecule has 7 nitrogen and oxygen atoms in total. The second-order valence-corrected chi connectivity index (χ2v) is 8.13. The monoisotopic (exact) mass is 437 g/mol. The lowest BCUT2D eigenvalue weighted by atomic mass is 10.1. The van der Waals surface area contributed by atoms with Crippen molar-refractivity contribution < 1.29 is 9.53 Å². The molecule has 2 heterocycles. The van der Waals surface area contributed by atoms with Crippen molar-refractivity contribution in [3.8, 4) is 11.4 Å². The van der Waals surface area contributed by atoms with Gasteiger partial charge in [0.25, 0.3) is 0 Å². The maximum absolute atomic E-state index is 12.7. The van der Waals surface area contributed by atoms with E-state index < -0.39 is 0 Å². The van der Waals surface area contributed by atoms with Gasteiger partial charge in [-0.25, -0.2) is 0 Å². The number of hydrogen-bond acceptors (Lipinski definition) is 5. The van der Waals surface area contributed by atoms with E-state index in [1.165, 1.54) is 5.56 Å². The molecule has 0 atom stereocenters. The van der Waals surface area contributed by atoms with Gasteiger partial charge in [0.2, 0.25) is 5.91 Å². The van der Waals surface area contributed by atoms with Crippen LogP contribution >= 0.6 is 12.2 Å². The number of carbonyl (C=O) groups is 1. The van der Waals surface area contributed by atoms with Crippen molar-refractivity contribution in [1.82, 2.24) is 25.0 Å². The van der Waals surface area contributed by atoms with Crippen molar-refractivity contribution in [3.63, 3.8) is 0 Å². The van der Waals surface area contributed by atoms with Crippen molar-refractivity contribution >= 4 is 18.1 Å². The van der Waals surface area contributed by atoms with E-state index in [0.29, 0.717) is 17.1 Å². The summed E-state index contributed by atoms with van der Waals surface area (Å²) < 4.78 is 7.60. The number of rotatable bonds is 7. The predicted molar refractivity (Wildman–Crippen MR) is 122 cm³/mol. The molecule has 0 bridgehead atoms. The summed E-state index contributed by atoms with van der Waals surface area (Å²) in [5, 5.41) is 10.2. The Labute approximate surface area is 187 Å². The Hall–Kier alpha value is -2.81. The van der Waals surface area contributed by atoms with E-state index in [0.717, 1.165) is 49.5 Å². The standard InChI is InChI=1S/C23H27N5O2S/c1-17-6-8-18(9-7-17)22-25-26-23(31)28(22)16-21(29)24-14-19-4-2-3-5-20(19)15-27-10-12-30-13-11-27/h2-9H,10-16H2,1H3,(H,24,29)(H,26,31). The second-order valence-electron chi connectivity index (χ2n) is 7.74. The van der Waals surface area contributed by atoms with Gasteiger partial charge in [0.15, 0.2) is 10.6 Å². The molecule has 1 aromatic heterocycles. The van der Waals surface area contributed by atoms with Gasteiger partial charge in [-0.1, -0.05) is 54.1 Å². The maximum Gasteiger partial charge on any atom is 0.240 e. The third-order valence-electron chi connectivity index (χ3n) is 5.46. The number of aromatic nitrogens is 3. The number of morpholine rings is 1. The third kappa shape index (κ3) is 5.46. The van der Waals surface area contributed by atoms with Gasteiger partial charge in [0.05, 0.1) is 13.2 Å². The van der Waals surface area contributed by atoms with Crippen LogP contribution in [0.3, 0.4) is 0 Å². The van der Waals surface area contributed by atoms with Crippen molar-refractivity contribution in [3.05, 3.63) is 70.0 Å². The molecule has 2 aromatic carbocycles. The Morgan fingerprint density at radius 2 is 1.84 bits per heavy atom. The Balaban J connectivity index is 1.41. The van der Waals surface area contributed by atoms with Gasteiger partial charge in [-0.3, -0.25) is 19.4 Å². The molecule has 1 aliphatic heterocycles. The molecule has 0 radical (unpaired) electrons. The fourth-order valence-electron chi connectivity index (χ4n) is 3.67. The van der Waals surface area contributed by atoms with Gasteiger partial charge in [-0.05, 0) is 30.3 Å². The van der Waals surface area contributed by atoms with Gasteiger partial charge in [0, 0.05) is 31.7 Å². The molecular weight excluding hydrogens is 410 g/mol. The molecule has 3 aromatic rings. The molecule has 8 heteroatoms. The third-order valence-corrected chi connectivity index (χ3v) is 5.77. The number of ether oxygens (including phenoxy) is 1. The number of aromatic amines is 1. The van der Waals surface area contributed by atoms with Crippen LogP contribution in [0.25, 0.3) is 11.4 Å². The largest absolute Gasteiger partial charge is 0.379 e. The topological polar surface area (TPSA) is 75.2 Å². The van der Waals surface area contributed by atoms with Gasteiger partial charge in [0.1, 0.15) is 6.54 Å². The van der Waals surface area contributed by atoms with Crippen molar-refractivity contribution in [1.29, 1.82) is 0 Å². The number of H-pyrrole nitrogens is 1. The first kappa shape index (κ1) is 21.4. The van der Waals surface area contributed by atoms with Crippen LogP contribution in [0.15, 0.2) is 48.5 Å². The molecule has 1 aliphatic rings. The van der Waals surface area contributed by atoms with E-state index in [9.17, 15) is 4.79 Å². The zero-order chi connectivity index (χ0) is 21.6. The lowest BCUT2D eigenvalue weighted by molar-refractivity contribution is -0.121. The molecule has 1 fully saturated rings. The van der Waals surface area contributed by atoms with E-state index in [1.807, 2.05) is 43.3 Å². The van der Waals surface area contributed by atoms with E-state index in [2.05, 4.69) is 32.5 Å². The summed E-state index contributed by atoms with van der Waals surface area (Å²) in [7, 11) is 0. The molecule has 4 rings (SSSR count). The van der Waals surface area contributed by atoms with E-state index >= 15 is 0 Å². The van der Waals surface area contributed by atoms with Crippen LogP contribution in [-0.2, 0) is 29.2 Å². The number of amides is 1. The molecule has 2 N–H and O–H groups in total. The summed E-state index contributed by atoms with van der Waals surface area (Å²) in [6, 6.07) is 16.2. The van der Waals surface area contributed by atoms with Crippen LogP contribution in [-0.4, -0.2) is 51.9 Å². The number of hydrogen-bond donors (Lipinski definition) is 2. The van der Waals surface area contributed by atoms with Crippen LogP contribution in [0.5, 0.6) is 0 Å². The van der Waals surface area contributed by atoms with Gasteiger partial charge in [-0.2, -0.15) is 5.10 Å². The summed E-state index contributed by atoms with van der Waals surface area (Å²) in [5.74, 6) is 0.555. The molecule has 1 saturated heterocycles. The van der Waals surface area contributed by atoms with Gasteiger partial charge >= 0.3 is 0 Å². The summed E-state index contributed by atoms with van der Waals surface area (Å²) in [6.45, 7) is 6.89. The summed E-state index contributed by atoms with van der Waals surface area (Å²) >= 11 is 5.36. The van der Waals surface area contributed by atoms with E-state index in [4.69, 9.17) is 17.0 Å². The van der Waals surface area contributed by atoms with Crippen LogP contribution in [0, 0.1) is 11.7 Å². The molecule has 1 amide bonds. The first-order chi connectivity index (χ1) is 15.1. The van der Waals surface area contributed by atoms with Crippen molar-refractivity contribution in [2.75, 3.05) is 26.3 Å². The molecule has 31 heavy (non-hydrogen) atoms. The van der Waals surface area contributed by atoms with Crippen LogP contribution in [0.2, 0.25) is 0 Å². The fourth-order valence-corrected chi connectivity index (χ4v) is 3.86. The minimum atomic E-state index is -0.105. The SMILES string of the molecule is Cc1ccc(-c2n[nH]c(=S)n2CC(=O)NCc2ccccc2CN2CCOCC2)cc1. The molecular formula is C23H27N5O2S. The van der Waals surface area contributed by atoms with E-state index in [-0.39, 0.29) is 12.5 Å². The molecule has 0 aliphatic carbocycles.